The first-order valence-electron chi connectivity index (χ1n) is 13.6. The molecule has 2 bridgehead atoms. The van der Waals surface area contributed by atoms with Crippen LogP contribution < -0.4 is 5.32 Å². The number of hydrogen-bond donors (Lipinski definition) is 2. The highest BCUT2D eigenvalue weighted by Crippen LogP contribution is 2.64. The summed E-state index contributed by atoms with van der Waals surface area (Å²) in [4.78, 5) is 43.1. The van der Waals surface area contributed by atoms with Crippen LogP contribution in [0, 0.1) is 11.8 Å². The monoisotopic (exact) mass is 520 g/mol. The fourth-order valence-corrected chi connectivity index (χ4v) is 6.96. The lowest BCUT2D eigenvalue weighted by Crippen LogP contribution is -2.58. The summed E-state index contributed by atoms with van der Waals surface area (Å²) in [6, 6.07) is 17.5. The quantitative estimate of drug-likeness (QED) is 0.467. The molecule has 2 aromatic rings. The van der Waals surface area contributed by atoms with E-state index in [9.17, 15) is 19.5 Å². The summed E-state index contributed by atoms with van der Waals surface area (Å²) in [5, 5.41) is 13.5. The standard InChI is InChI=1S/C30H36N2O6/c1-3-29-15-16-30(38-29)23(24(29)28(36)37-4-2)27(35)32(22(19-33)17-20-11-7-5-8-12-20)25(30)26(34)31-18-21-13-9-6-10-14-21/h5-14,22-25,33H,3-4,15-19H2,1-2H3,(H,31,34)/t22-,23+,24-,25?,29+,30?/m1/s1. The first-order valence-corrected chi connectivity index (χ1v) is 13.6. The van der Waals surface area contributed by atoms with E-state index in [1.807, 2.05) is 67.6 Å². The molecule has 0 aliphatic carbocycles. The van der Waals surface area contributed by atoms with Gasteiger partial charge in [-0.15, -0.1) is 0 Å². The summed E-state index contributed by atoms with van der Waals surface area (Å²) in [5.74, 6) is -2.75. The van der Waals surface area contributed by atoms with Gasteiger partial charge in [0, 0.05) is 6.54 Å². The van der Waals surface area contributed by atoms with Crippen molar-refractivity contribution in [3.63, 3.8) is 0 Å². The average molecular weight is 521 g/mol. The number of aliphatic hydroxyl groups is 1. The van der Waals surface area contributed by atoms with Crippen LogP contribution >= 0.6 is 0 Å². The maximum Gasteiger partial charge on any atom is 0.312 e. The van der Waals surface area contributed by atoms with Crippen molar-refractivity contribution in [1.82, 2.24) is 10.2 Å². The van der Waals surface area contributed by atoms with Crippen molar-refractivity contribution in [3.05, 3.63) is 71.8 Å². The third-order valence-corrected chi connectivity index (χ3v) is 8.64. The number of esters is 1. The van der Waals surface area contributed by atoms with Crippen molar-refractivity contribution in [2.24, 2.45) is 11.8 Å². The maximum absolute atomic E-state index is 14.3. The predicted molar refractivity (Wildman–Crippen MR) is 140 cm³/mol. The molecule has 8 heteroatoms. The van der Waals surface area contributed by atoms with Crippen LogP contribution in [0.2, 0.25) is 0 Å². The number of aliphatic hydroxyl groups excluding tert-OH is 1. The second-order valence-corrected chi connectivity index (χ2v) is 10.6. The minimum atomic E-state index is -1.16. The lowest BCUT2D eigenvalue weighted by molar-refractivity contribution is -0.161. The van der Waals surface area contributed by atoms with Crippen LogP contribution in [-0.4, -0.2) is 64.3 Å². The van der Waals surface area contributed by atoms with Gasteiger partial charge in [-0.1, -0.05) is 67.6 Å². The molecule has 8 nitrogen and oxygen atoms in total. The van der Waals surface area contributed by atoms with Gasteiger partial charge < -0.3 is 24.8 Å². The highest BCUT2D eigenvalue weighted by Gasteiger charge is 2.79. The molecule has 3 fully saturated rings. The number of fused-ring (bicyclic) bond motifs is 1. The first kappa shape index (κ1) is 26.4. The zero-order valence-electron chi connectivity index (χ0n) is 22.0. The molecular weight excluding hydrogens is 484 g/mol. The second-order valence-electron chi connectivity index (χ2n) is 10.6. The first-order chi connectivity index (χ1) is 18.4. The van der Waals surface area contributed by atoms with Gasteiger partial charge in [0.05, 0.1) is 30.8 Å². The maximum atomic E-state index is 14.3. The second kappa shape index (κ2) is 10.5. The van der Waals surface area contributed by atoms with Crippen molar-refractivity contribution in [2.75, 3.05) is 13.2 Å². The van der Waals surface area contributed by atoms with Gasteiger partial charge in [-0.05, 0) is 43.7 Å². The molecule has 3 aliphatic heterocycles. The number of likely N-dealkylation sites (tertiary alicyclic amines) is 1. The smallest absolute Gasteiger partial charge is 0.312 e. The van der Waals surface area contributed by atoms with Crippen LogP contribution in [-0.2, 0) is 36.8 Å². The Kier molecular flexibility index (Phi) is 7.29. The van der Waals surface area contributed by atoms with Crippen molar-refractivity contribution in [1.29, 1.82) is 0 Å². The summed E-state index contributed by atoms with van der Waals surface area (Å²) < 4.78 is 12.2. The van der Waals surface area contributed by atoms with E-state index in [2.05, 4.69) is 5.32 Å². The van der Waals surface area contributed by atoms with Crippen LogP contribution in [0.15, 0.2) is 60.7 Å². The van der Waals surface area contributed by atoms with Crippen molar-refractivity contribution < 1.29 is 29.0 Å². The lowest BCUT2D eigenvalue weighted by atomic mass is 9.65. The number of hydrogen-bond acceptors (Lipinski definition) is 6. The fourth-order valence-electron chi connectivity index (χ4n) is 6.96. The highest BCUT2D eigenvalue weighted by molar-refractivity contribution is 5.98. The van der Waals surface area contributed by atoms with Crippen LogP contribution in [0.25, 0.3) is 0 Å². The Balaban J connectivity index is 1.54. The lowest BCUT2D eigenvalue weighted by Gasteiger charge is -2.37. The summed E-state index contributed by atoms with van der Waals surface area (Å²) in [6.07, 6.45) is 1.96. The van der Waals surface area contributed by atoms with Gasteiger partial charge in [-0.2, -0.15) is 0 Å². The summed E-state index contributed by atoms with van der Waals surface area (Å²) in [6.45, 7) is 3.85. The number of nitrogens with zero attached hydrogens (tertiary/aromatic N) is 1. The molecule has 3 aliphatic rings. The molecule has 1 spiro atoms. The zero-order valence-corrected chi connectivity index (χ0v) is 22.0. The summed E-state index contributed by atoms with van der Waals surface area (Å²) in [7, 11) is 0. The Morgan fingerprint density at radius 2 is 1.74 bits per heavy atom. The predicted octanol–water partition coefficient (Wildman–Crippen LogP) is 2.62. The van der Waals surface area contributed by atoms with Crippen molar-refractivity contribution in [2.45, 2.75) is 69.4 Å². The molecule has 5 rings (SSSR count). The zero-order chi connectivity index (χ0) is 26.9. The van der Waals surface area contributed by atoms with Gasteiger partial charge in [0.25, 0.3) is 0 Å². The number of carbonyl (C=O) groups excluding carboxylic acids is 3. The fraction of sp³-hybridized carbons (Fsp3) is 0.500. The minimum absolute atomic E-state index is 0.195. The van der Waals surface area contributed by atoms with Gasteiger partial charge in [0.15, 0.2) is 0 Å². The van der Waals surface area contributed by atoms with Crippen molar-refractivity contribution >= 4 is 17.8 Å². The van der Waals surface area contributed by atoms with E-state index in [0.717, 1.165) is 11.1 Å². The van der Waals surface area contributed by atoms with E-state index < -0.39 is 41.1 Å². The number of ether oxygens (including phenoxy) is 2. The molecule has 2 aromatic carbocycles. The van der Waals surface area contributed by atoms with E-state index in [-0.39, 0.29) is 25.0 Å². The Labute approximate surface area is 223 Å². The Morgan fingerprint density at radius 1 is 1.08 bits per heavy atom. The van der Waals surface area contributed by atoms with E-state index in [1.54, 1.807) is 6.92 Å². The van der Waals surface area contributed by atoms with Gasteiger partial charge in [0.2, 0.25) is 11.8 Å². The molecule has 3 heterocycles. The van der Waals surface area contributed by atoms with Crippen LogP contribution in [0.4, 0.5) is 0 Å². The highest BCUT2D eigenvalue weighted by atomic mass is 16.6. The molecule has 38 heavy (non-hydrogen) atoms. The van der Waals surface area contributed by atoms with Gasteiger partial charge in [-0.25, -0.2) is 0 Å². The largest absolute Gasteiger partial charge is 0.466 e. The number of benzene rings is 2. The van der Waals surface area contributed by atoms with E-state index in [1.165, 1.54) is 4.90 Å². The summed E-state index contributed by atoms with van der Waals surface area (Å²) >= 11 is 0. The third-order valence-electron chi connectivity index (χ3n) is 8.64. The number of amides is 2. The molecule has 2 N–H and O–H groups in total. The van der Waals surface area contributed by atoms with Gasteiger partial charge in [0.1, 0.15) is 17.6 Å². The molecule has 6 atom stereocenters. The molecule has 2 amide bonds. The normalized spacial score (nSPS) is 30.2. The number of carbonyl (C=O) groups is 3. The van der Waals surface area contributed by atoms with Crippen LogP contribution in [0.5, 0.6) is 0 Å². The van der Waals surface area contributed by atoms with Crippen molar-refractivity contribution in [3.8, 4) is 0 Å². The van der Waals surface area contributed by atoms with E-state index >= 15 is 0 Å². The third kappa shape index (κ3) is 4.20. The average Bonchev–Trinajstić information content (AvgIpc) is 3.55. The topological polar surface area (TPSA) is 105 Å². The molecule has 202 valence electrons. The molecule has 0 saturated carbocycles. The Morgan fingerprint density at radius 3 is 2.34 bits per heavy atom. The van der Waals surface area contributed by atoms with Gasteiger partial charge >= 0.3 is 5.97 Å². The molecule has 3 saturated heterocycles. The molecule has 0 aromatic heterocycles. The minimum Gasteiger partial charge on any atom is -0.466 e. The van der Waals surface area contributed by atoms with Crippen LogP contribution in [0.1, 0.15) is 44.2 Å². The van der Waals surface area contributed by atoms with E-state index in [0.29, 0.717) is 32.2 Å². The van der Waals surface area contributed by atoms with Gasteiger partial charge in [-0.3, -0.25) is 14.4 Å². The number of nitrogens with one attached hydrogen (secondary N) is 1. The number of rotatable bonds is 10. The Bertz CT molecular complexity index is 1170. The van der Waals surface area contributed by atoms with E-state index in [4.69, 9.17) is 9.47 Å². The molecule has 2 unspecified atom stereocenters. The molecule has 0 radical (unpaired) electrons. The summed E-state index contributed by atoms with van der Waals surface area (Å²) in [5.41, 5.74) is -0.130. The van der Waals surface area contributed by atoms with Crippen LogP contribution in [0.3, 0.4) is 0 Å². The Hall–Kier alpha value is -3.23. The SMILES string of the molecule is CCOC(=O)[C@H]1[C@H]2C(=O)N([C@@H](CO)Cc3ccccc3)C(C(=O)NCc3ccccc3)C23CC[C@]1(CC)O3. The molecular formula is C30H36N2O6.